The first-order valence-electron chi connectivity index (χ1n) is 5.51. The Morgan fingerprint density at radius 1 is 1.44 bits per heavy atom. The predicted molar refractivity (Wildman–Crippen MR) is 64.8 cm³/mol. The molecule has 0 unspecified atom stereocenters. The summed E-state index contributed by atoms with van der Waals surface area (Å²) in [5.74, 6) is -0.366. The normalized spacial score (nSPS) is 10.9. The van der Waals surface area contributed by atoms with Crippen LogP contribution in [-0.2, 0) is 6.42 Å². The summed E-state index contributed by atoms with van der Waals surface area (Å²) < 4.78 is 14.5. The van der Waals surface area contributed by atoms with Crippen LogP contribution in [0, 0.1) is 5.82 Å². The number of nitrogens with zero attached hydrogens (tertiary/aromatic N) is 2. The number of hydrogen-bond acceptors (Lipinski definition) is 2. The second-order valence-corrected chi connectivity index (χ2v) is 4.04. The van der Waals surface area contributed by atoms with Crippen LogP contribution in [0.1, 0.15) is 10.4 Å². The molecular weight excluding hydrogens is 233 g/mol. The van der Waals surface area contributed by atoms with E-state index < -0.39 is 0 Å². The Morgan fingerprint density at radius 3 is 3.11 bits per heavy atom. The molecule has 1 N–H and O–H groups in total. The molecule has 3 aromatic rings. The van der Waals surface area contributed by atoms with E-state index in [0.29, 0.717) is 5.52 Å². The topological polar surface area (TPSA) is 50.7 Å². The zero-order chi connectivity index (χ0) is 12.5. The maximum atomic E-state index is 13.0. The van der Waals surface area contributed by atoms with Crippen LogP contribution >= 0.6 is 0 Å². The average molecular weight is 243 g/mol. The summed E-state index contributed by atoms with van der Waals surface area (Å²) in [6, 6.07) is 4.49. The van der Waals surface area contributed by atoms with Gasteiger partial charge in [-0.25, -0.2) is 9.37 Å². The first-order valence-corrected chi connectivity index (χ1v) is 5.51. The van der Waals surface area contributed by atoms with Crippen LogP contribution in [-0.4, -0.2) is 20.4 Å². The number of aromatic amines is 1. The second-order valence-electron chi connectivity index (χ2n) is 4.04. The van der Waals surface area contributed by atoms with Crippen LogP contribution in [0.15, 0.2) is 43.1 Å². The molecule has 0 saturated carbocycles. The summed E-state index contributed by atoms with van der Waals surface area (Å²) in [6.07, 6.45) is 6.62. The molecule has 90 valence electrons. The van der Waals surface area contributed by atoms with Crippen molar-refractivity contribution in [2.45, 2.75) is 6.42 Å². The summed E-state index contributed by atoms with van der Waals surface area (Å²) in [4.78, 5) is 18.7. The van der Waals surface area contributed by atoms with E-state index in [4.69, 9.17) is 0 Å². The summed E-state index contributed by atoms with van der Waals surface area (Å²) in [5.41, 5.74) is 1.55. The molecule has 0 amide bonds. The lowest BCUT2D eigenvalue weighted by Gasteiger charge is -2.00. The number of imidazole rings is 1. The number of rotatable bonds is 2. The number of fused-ring (bicyclic) bond motifs is 1. The van der Waals surface area contributed by atoms with Gasteiger partial charge in [-0.3, -0.25) is 9.36 Å². The minimum atomic E-state index is -0.295. The monoisotopic (exact) mass is 243 g/mol. The van der Waals surface area contributed by atoms with Gasteiger partial charge in [0.2, 0.25) is 5.91 Å². The third kappa shape index (κ3) is 1.79. The van der Waals surface area contributed by atoms with Gasteiger partial charge in [0.25, 0.3) is 0 Å². The van der Waals surface area contributed by atoms with Crippen molar-refractivity contribution in [3.8, 4) is 0 Å². The van der Waals surface area contributed by atoms with Gasteiger partial charge in [0.05, 0.1) is 6.42 Å². The van der Waals surface area contributed by atoms with E-state index >= 15 is 0 Å². The van der Waals surface area contributed by atoms with Crippen LogP contribution < -0.4 is 0 Å². The van der Waals surface area contributed by atoms with Gasteiger partial charge in [-0.2, -0.15) is 0 Å². The van der Waals surface area contributed by atoms with Crippen molar-refractivity contribution in [2.75, 3.05) is 0 Å². The Hall–Kier alpha value is -2.43. The molecule has 4 nitrogen and oxygen atoms in total. The van der Waals surface area contributed by atoms with E-state index in [1.165, 1.54) is 23.0 Å². The lowest BCUT2D eigenvalue weighted by atomic mass is 10.1. The molecule has 0 bridgehead atoms. The summed E-state index contributed by atoms with van der Waals surface area (Å²) >= 11 is 0. The van der Waals surface area contributed by atoms with Gasteiger partial charge in [-0.1, -0.05) is 0 Å². The number of nitrogens with one attached hydrogen (secondary N) is 1. The summed E-state index contributed by atoms with van der Waals surface area (Å²) in [7, 11) is 0. The zero-order valence-electron chi connectivity index (χ0n) is 9.43. The number of aromatic nitrogens is 3. The van der Waals surface area contributed by atoms with E-state index in [-0.39, 0.29) is 18.1 Å². The fourth-order valence-electron chi connectivity index (χ4n) is 1.97. The predicted octanol–water partition coefficient (Wildman–Crippen LogP) is 2.39. The molecule has 0 atom stereocenters. The molecule has 0 saturated heterocycles. The van der Waals surface area contributed by atoms with Crippen molar-refractivity contribution in [1.29, 1.82) is 0 Å². The number of H-pyrrole nitrogens is 1. The third-order valence-electron chi connectivity index (χ3n) is 2.86. The first kappa shape index (κ1) is 10.7. The maximum Gasteiger partial charge on any atom is 0.236 e. The SMILES string of the molecule is O=C(Cc1c[nH]c2cc(F)ccc12)n1ccnc1. The lowest BCUT2D eigenvalue weighted by Crippen LogP contribution is -2.10. The highest BCUT2D eigenvalue weighted by molar-refractivity contribution is 5.89. The van der Waals surface area contributed by atoms with Crippen LogP contribution in [0.4, 0.5) is 4.39 Å². The van der Waals surface area contributed by atoms with Gasteiger partial charge < -0.3 is 4.98 Å². The van der Waals surface area contributed by atoms with Crippen molar-refractivity contribution >= 4 is 16.8 Å². The second kappa shape index (κ2) is 4.10. The molecule has 0 aliphatic rings. The number of carbonyl (C=O) groups is 1. The molecule has 2 heterocycles. The van der Waals surface area contributed by atoms with E-state index in [1.807, 2.05) is 0 Å². The van der Waals surface area contributed by atoms with Crippen molar-refractivity contribution in [3.63, 3.8) is 0 Å². The number of benzene rings is 1. The van der Waals surface area contributed by atoms with Gasteiger partial charge in [-0.15, -0.1) is 0 Å². The fourth-order valence-corrected chi connectivity index (χ4v) is 1.97. The molecule has 1 aromatic carbocycles. The number of carbonyl (C=O) groups excluding carboxylic acids is 1. The average Bonchev–Trinajstić information content (AvgIpc) is 2.98. The molecule has 3 rings (SSSR count). The van der Waals surface area contributed by atoms with Gasteiger partial charge in [0.15, 0.2) is 0 Å². The quantitative estimate of drug-likeness (QED) is 0.751. The Morgan fingerprint density at radius 2 is 2.33 bits per heavy atom. The van der Waals surface area contributed by atoms with Crippen molar-refractivity contribution in [1.82, 2.24) is 14.5 Å². The standard InChI is InChI=1S/C13H10FN3O/c14-10-1-2-11-9(7-16-12(11)6-10)5-13(18)17-4-3-15-8-17/h1-4,6-8,16H,5H2. The molecule has 0 aliphatic carbocycles. The molecule has 5 heteroatoms. The maximum absolute atomic E-state index is 13.0. The fraction of sp³-hybridized carbons (Fsp3) is 0.0769. The number of hydrogen-bond donors (Lipinski definition) is 1. The van der Waals surface area contributed by atoms with Gasteiger partial charge in [0.1, 0.15) is 12.1 Å². The Kier molecular flexibility index (Phi) is 2.44. The highest BCUT2D eigenvalue weighted by Gasteiger charge is 2.10. The van der Waals surface area contributed by atoms with Crippen LogP contribution in [0.25, 0.3) is 10.9 Å². The van der Waals surface area contributed by atoms with Gasteiger partial charge >= 0.3 is 0 Å². The van der Waals surface area contributed by atoms with E-state index in [0.717, 1.165) is 10.9 Å². The lowest BCUT2D eigenvalue weighted by molar-refractivity contribution is 0.0914. The Balaban J connectivity index is 1.94. The van der Waals surface area contributed by atoms with Gasteiger partial charge in [-0.05, 0) is 23.8 Å². The van der Waals surface area contributed by atoms with E-state index in [1.54, 1.807) is 24.7 Å². The Labute approximate surface area is 102 Å². The van der Waals surface area contributed by atoms with Crippen molar-refractivity contribution < 1.29 is 9.18 Å². The summed E-state index contributed by atoms with van der Waals surface area (Å²) in [5, 5.41) is 0.866. The van der Waals surface area contributed by atoms with Gasteiger partial charge in [0, 0.05) is 29.5 Å². The minimum Gasteiger partial charge on any atom is -0.361 e. The molecular formula is C13H10FN3O. The molecule has 2 aromatic heterocycles. The van der Waals surface area contributed by atoms with Crippen molar-refractivity contribution in [2.24, 2.45) is 0 Å². The van der Waals surface area contributed by atoms with Crippen molar-refractivity contribution in [3.05, 3.63) is 54.5 Å². The molecule has 0 aliphatic heterocycles. The molecule has 0 spiro atoms. The largest absolute Gasteiger partial charge is 0.361 e. The van der Waals surface area contributed by atoms with E-state index in [9.17, 15) is 9.18 Å². The third-order valence-corrected chi connectivity index (χ3v) is 2.86. The highest BCUT2D eigenvalue weighted by Crippen LogP contribution is 2.20. The Bertz CT molecular complexity index is 700. The summed E-state index contributed by atoms with van der Waals surface area (Å²) in [6.45, 7) is 0. The minimum absolute atomic E-state index is 0.0716. The first-order chi connectivity index (χ1) is 8.74. The molecule has 18 heavy (non-hydrogen) atoms. The van der Waals surface area contributed by atoms with Crippen LogP contribution in [0.2, 0.25) is 0 Å². The zero-order valence-corrected chi connectivity index (χ0v) is 9.43. The molecule has 0 radical (unpaired) electrons. The smallest absolute Gasteiger partial charge is 0.236 e. The highest BCUT2D eigenvalue weighted by atomic mass is 19.1. The van der Waals surface area contributed by atoms with E-state index in [2.05, 4.69) is 9.97 Å². The van der Waals surface area contributed by atoms with Crippen LogP contribution in [0.3, 0.4) is 0 Å². The van der Waals surface area contributed by atoms with Crippen LogP contribution in [0.5, 0.6) is 0 Å². The number of halogens is 1. The molecule has 0 fully saturated rings.